The number of carbonyl (C=O) groups excluding carboxylic acids is 2. The molecule has 1 aliphatic heterocycles. The summed E-state index contributed by atoms with van der Waals surface area (Å²) in [6.07, 6.45) is 1.15. The number of hydrogen-bond donors (Lipinski definition) is 1. The average Bonchev–Trinajstić information content (AvgIpc) is 2.78. The van der Waals surface area contributed by atoms with E-state index in [1.54, 1.807) is 24.3 Å². The van der Waals surface area contributed by atoms with E-state index in [2.05, 4.69) is 6.07 Å². The molecule has 0 atom stereocenters. The third-order valence-electron chi connectivity index (χ3n) is 5.42. The lowest BCUT2D eigenvalue weighted by Crippen LogP contribution is -3.13. The minimum atomic E-state index is 0.0333. The van der Waals surface area contributed by atoms with E-state index >= 15 is 0 Å². The van der Waals surface area contributed by atoms with Gasteiger partial charge in [0.2, 0.25) is 5.91 Å². The number of nitrogens with one attached hydrogen (secondary N) is 1. The highest BCUT2D eigenvalue weighted by Crippen LogP contribution is 2.13. The zero-order chi connectivity index (χ0) is 21.3. The fourth-order valence-electron chi connectivity index (χ4n) is 3.59. The van der Waals surface area contributed by atoms with Crippen LogP contribution in [0, 0.1) is 11.3 Å². The molecule has 6 heteroatoms. The number of benzene rings is 2. The van der Waals surface area contributed by atoms with E-state index in [-0.39, 0.29) is 11.7 Å². The molecule has 1 heterocycles. The molecule has 0 aromatic heterocycles. The molecule has 1 saturated heterocycles. The minimum Gasteiger partial charge on any atom is -0.494 e. The smallest absolute Gasteiger partial charge is 0.223 e. The van der Waals surface area contributed by atoms with Crippen molar-refractivity contribution in [2.75, 3.05) is 32.8 Å². The maximum absolute atomic E-state index is 12.5. The molecule has 0 radical (unpaired) electrons. The second-order valence-corrected chi connectivity index (χ2v) is 7.65. The van der Waals surface area contributed by atoms with Crippen molar-refractivity contribution >= 4 is 11.7 Å². The van der Waals surface area contributed by atoms with Gasteiger partial charge >= 0.3 is 0 Å². The van der Waals surface area contributed by atoms with Gasteiger partial charge in [-0.3, -0.25) is 9.59 Å². The molecular weight excluding hydrogens is 378 g/mol. The van der Waals surface area contributed by atoms with Crippen LogP contribution in [0.3, 0.4) is 0 Å². The van der Waals surface area contributed by atoms with E-state index in [1.807, 2.05) is 29.2 Å². The van der Waals surface area contributed by atoms with Gasteiger partial charge in [-0.25, -0.2) is 0 Å². The lowest BCUT2D eigenvalue weighted by atomic mass is 10.1. The van der Waals surface area contributed by atoms with Crippen LogP contribution in [-0.2, 0) is 11.3 Å². The summed E-state index contributed by atoms with van der Waals surface area (Å²) in [7, 11) is 0. The zero-order valence-electron chi connectivity index (χ0n) is 17.4. The highest BCUT2D eigenvalue weighted by atomic mass is 16.5. The van der Waals surface area contributed by atoms with Crippen LogP contribution in [0.25, 0.3) is 0 Å². The van der Waals surface area contributed by atoms with Crippen molar-refractivity contribution in [1.82, 2.24) is 4.90 Å². The first kappa shape index (κ1) is 21.5. The van der Waals surface area contributed by atoms with Gasteiger partial charge in [-0.15, -0.1) is 0 Å². The van der Waals surface area contributed by atoms with E-state index in [0.29, 0.717) is 36.3 Å². The van der Waals surface area contributed by atoms with Gasteiger partial charge in [-0.05, 0) is 49.7 Å². The van der Waals surface area contributed by atoms with Gasteiger partial charge in [0.05, 0.1) is 44.4 Å². The number of ketones is 1. The third kappa shape index (κ3) is 6.16. The lowest BCUT2D eigenvalue weighted by Gasteiger charge is -2.32. The van der Waals surface area contributed by atoms with Crippen molar-refractivity contribution in [1.29, 1.82) is 5.26 Å². The molecular formula is C24H28N3O3+. The maximum atomic E-state index is 12.5. The largest absolute Gasteiger partial charge is 0.494 e. The van der Waals surface area contributed by atoms with E-state index < -0.39 is 0 Å². The average molecular weight is 407 g/mol. The topological polar surface area (TPSA) is 74.8 Å². The van der Waals surface area contributed by atoms with Gasteiger partial charge < -0.3 is 14.5 Å². The Labute approximate surface area is 177 Å². The molecule has 2 aromatic rings. The van der Waals surface area contributed by atoms with Crippen molar-refractivity contribution in [2.24, 2.45) is 0 Å². The maximum Gasteiger partial charge on any atom is 0.223 e. The summed E-state index contributed by atoms with van der Waals surface area (Å²) in [5, 5.41) is 8.88. The number of piperazine rings is 1. The number of Topliss-reactive ketones (excluding diaryl/α,β-unsaturated/α-hetero) is 1. The van der Waals surface area contributed by atoms with Gasteiger partial charge in [0, 0.05) is 17.5 Å². The Balaban J connectivity index is 1.33. The van der Waals surface area contributed by atoms with Crippen LogP contribution >= 0.6 is 0 Å². The third-order valence-corrected chi connectivity index (χ3v) is 5.42. The van der Waals surface area contributed by atoms with Crippen molar-refractivity contribution < 1.29 is 19.2 Å². The molecule has 2 aromatic carbocycles. The van der Waals surface area contributed by atoms with Gasteiger partial charge in [-0.1, -0.05) is 12.1 Å². The number of hydrogen-bond acceptors (Lipinski definition) is 4. The van der Waals surface area contributed by atoms with Gasteiger partial charge in [0.25, 0.3) is 0 Å². The number of amides is 1. The Morgan fingerprint density at radius 2 is 1.73 bits per heavy atom. The summed E-state index contributed by atoms with van der Waals surface area (Å²) in [4.78, 5) is 27.1. The standard InChI is InChI=1S/C24H27N3O3/c1-19(28)22-8-10-23(11-9-22)30-16-2-3-24(29)27-14-12-26(13-15-27)18-21-6-4-20(17-25)5-7-21/h4-11H,2-3,12-16,18H2,1H3/p+1. The number of nitrogens with zero attached hydrogens (tertiary/aromatic N) is 2. The Hall–Kier alpha value is -3.17. The summed E-state index contributed by atoms with van der Waals surface area (Å²) in [5.74, 6) is 0.932. The van der Waals surface area contributed by atoms with Gasteiger partial charge in [-0.2, -0.15) is 5.26 Å². The molecule has 156 valence electrons. The number of carbonyl (C=O) groups is 2. The Kier molecular flexibility index (Phi) is 7.58. The Morgan fingerprint density at radius 3 is 2.33 bits per heavy atom. The first-order valence-corrected chi connectivity index (χ1v) is 10.4. The summed E-state index contributed by atoms with van der Waals surface area (Å²) in [6.45, 7) is 6.36. The van der Waals surface area contributed by atoms with Crippen LogP contribution in [0.1, 0.15) is 41.3 Å². The molecule has 0 bridgehead atoms. The van der Waals surface area contributed by atoms with Gasteiger partial charge in [0.15, 0.2) is 5.78 Å². The quantitative estimate of drug-likeness (QED) is 0.536. The monoisotopic (exact) mass is 406 g/mol. The number of ether oxygens (including phenoxy) is 1. The molecule has 1 N–H and O–H groups in total. The Bertz CT molecular complexity index is 893. The number of quaternary nitrogens is 1. The molecule has 30 heavy (non-hydrogen) atoms. The van der Waals surface area contributed by atoms with E-state index in [0.717, 1.165) is 32.7 Å². The molecule has 0 aliphatic carbocycles. The summed E-state index contributed by atoms with van der Waals surface area (Å²) >= 11 is 0. The predicted molar refractivity (Wildman–Crippen MR) is 113 cm³/mol. The zero-order valence-corrected chi connectivity index (χ0v) is 17.4. The molecule has 1 aliphatic rings. The highest BCUT2D eigenvalue weighted by Gasteiger charge is 2.23. The van der Waals surface area contributed by atoms with Crippen LogP contribution in [0.15, 0.2) is 48.5 Å². The first-order valence-electron chi connectivity index (χ1n) is 10.4. The molecule has 0 saturated carbocycles. The first-order chi connectivity index (χ1) is 14.5. The fourth-order valence-corrected chi connectivity index (χ4v) is 3.59. The van der Waals surface area contributed by atoms with Crippen LogP contribution in [0.2, 0.25) is 0 Å². The number of nitriles is 1. The minimum absolute atomic E-state index is 0.0333. The van der Waals surface area contributed by atoms with Crippen LogP contribution < -0.4 is 9.64 Å². The summed E-state index contributed by atoms with van der Waals surface area (Å²) in [6, 6.07) is 16.9. The van der Waals surface area contributed by atoms with Gasteiger partial charge in [0.1, 0.15) is 12.3 Å². The molecule has 6 nitrogen and oxygen atoms in total. The normalized spacial score (nSPS) is 14.2. The van der Waals surface area contributed by atoms with Crippen molar-refractivity contribution in [3.05, 3.63) is 65.2 Å². The summed E-state index contributed by atoms with van der Waals surface area (Å²) in [5.41, 5.74) is 2.57. The van der Waals surface area contributed by atoms with E-state index in [4.69, 9.17) is 10.00 Å². The SMILES string of the molecule is CC(=O)c1ccc(OCCCC(=O)N2CC[NH+](Cc3ccc(C#N)cc3)CC2)cc1. The van der Waals surface area contributed by atoms with E-state index in [9.17, 15) is 9.59 Å². The highest BCUT2D eigenvalue weighted by molar-refractivity contribution is 5.94. The van der Waals surface area contributed by atoms with E-state index in [1.165, 1.54) is 17.4 Å². The molecule has 0 spiro atoms. The molecule has 1 amide bonds. The lowest BCUT2D eigenvalue weighted by molar-refractivity contribution is -0.917. The van der Waals surface area contributed by atoms with Crippen LogP contribution in [0.5, 0.6) is 5.75 Å². The van der Waals surface area contributed by atoms with Crippen LogP contribution in [-0.4, -0.2) is 49.4 Å². The predicted octanol–water partition coefficient (Wildman–Crippen LogP) is 1.85. The number of rotatable bonds is 8. The van der Waals surface area contributed by atoms with Crippen molar-refractivity contribution in [2.45, 2.75) is 26.3 Å². The van der Waals surface area contributed by atoms with Crippen LogP contribution in [0.4, 0.5) is 0 Å². The van der Waals surface area contributed by atoms with Crippen molar-refractivity contribution in [3.8, 4) is 11.8 Å². The fraction of sp³-hybridized carbons (Fsp3) is 0.375. The second-order valence-electron chi connectivity index (χ2n) is 7.65. The molecule has 0 unspecified atom stereocenters. The van der Waals surface area contributed by atoms with Crippen molar-refractivity contribution in [3.63, 3.8) is 0 Å². The summed E-state index contributed by atoms with van der Waals surface area (Å²) < 4.78 is 5.67. The second kappa shape index (κ2) is 10.6. The Morgan fingerprint density at radius 1 is 1.07 bits per heavy atom. The molecule has 3 rings (SSSR count). The molecule has 1 fully saturated rings.